The fraction of sp³-hybridized carbons (Fsp3) is 0.360. The molecule has 2 aromatic carbocycles. The van der Waals surface area contributed by atoms with Crippen molar-refractivity contribution in [3.05, 3.63) is 59.2 Å². The minimum Gasteiger partial charge on any atom is -0.478 e. The van der Waals surface area contributed by atoms with E-state index in [9.17, 15) is 14.7 Å². The molecule has 0 atom stereocenters. The molecule has 2 aliphatic rings. The van der Waals surface area contributed by atoms with Crippen LogP contribution in [0.3, 0.4) is 0 Å². The third-order valence-corrected chi connectivity index (χ3v) is 6.66. The zero-order valence-electron chi connectivity index (χ0n) is 17.0. The number of hydrogen-bond donors (Lipinski definition) is 2. The summed E-state index contributed by atoms with van der Waals surface area (Å²) >= 11 is 0. The van der Waals surface area contributed by atoms with Crippen molar-refractivity contribution in [2.24, 2.45) is 0 Å². The molecular weight excluding hydrogens is 376 g/mol. The number of aromatic nitrogens is 1. The first kappa shape index (κ1) is 18.9. The Morgan fingerprint density at radius 1 is 1.07 bits per heavy atom. The molecular formula is C25H26N2O3. The van der Waals surface area contributed by atoms with Gasteiger partial charge in [0.2, 0.25) is 5.91 Å². The van der Waals surface area contributed by atoms with Gasteiger partial charge in [-0.3, -0.25) is 4.79 Å². The molecule has 0 saturated heterocycles. The van der Waals surface area contributed by atoms with E-state index in [2.05, 4.69) is 29.6 Å². The Labute approximate surface area is 175 Å². The molecule has 2 N–H and O–H groups in total. The van der Waals surface area contributed by atoms with Gasteiger partial charge >= 0.3 is 5.97 Å². The van der Waals surface area contributed by atoms with Crippen molar-refractivity contribution in [3.63, 3.8) is 0 Å². The van der Waals surface area contributed by atoms with Crippen molar-refractivity contribution < 1.29 is 14.7 Å². The van der Waals surface area contributed by atoms with Gasteiger partial charge in [0.25, 0.3) is 0 Å². The smallest absolute Gasteiger partial charge is 0.336 e. The number of rotatable bonds is 2. The number of carboxylic acid groups (broad SMARTS) is 1. The van der Waals surface area contributed by atoms with Gasteiger partial charge in [-0.2, -0.15) is 0 Å². The van der Waals surface area contributed by atoms with Crippen molar-refractivity contribution in [2.75, 3.05) is 6.54 Å². The van der Waals surface area contributed by atoms with Crippen LogP contribution in [-0.2, 0) is 17.8 Å². The minimum atomic E-state index is -0.888. The number of amides is 1. The highest BCUT2D eigenvalue weighted by atomic mass is 16.4. The molecule has 154 valence electrons. The van der Waals surface area contributed by atoms with Crippen LogP contribution in [0.2, 0.25) is 0 Å². The average Bonchev–Trinajstić information content (AvgIpc) is 3.12. The summed E-state index contributed by atoms with van der Waals surface area (Å²) in [7, 11) is 0. The Bertz CT molecular complexity index is 1140. The molecule has 1 saturated carbocycles. The van der Waals surface area contributed by atoms with Gasteiger partial charge in [0.05, 0.1) is 5.56 Å². The Morgan fingerprint density at radius 2 is 1.87 bits per heavy atom. The third kappa shape index (κ3) is 3.28. The Morgan fingerprint density at radius 3 is 2.67 bits per heavy atom. The highest BCUT2D eigenvalue weighted by molar-refractivity contribution is 5.98. The summed E-state index contributed by atoms with van der Waals surface area (Å²) in [6.45, 7) is 0.791. The van der Waals surface area contributed by atoms with E-state index in [-0.39, 0.29) is 12.5 Å². The van der Waals surface area contributed by atoms with E-state index in [0.717, 1.165) is 59.8 Å². The molecule has 1 fully saturated rings. The number of aromatic carboxylic acids is 1. The summed E-state index contributed by atoms with van der Waals surface area (Å²) in [6, 6.07) is 14.2. The maximum Gasteiger partial charge on any atom is 0.336 e. The molecule has 5 nitrogen and oxygen atoms in total. The minimum absolute atomic E-state index is 0.0465. The van der Waals surface area contributed by atoms with Crippen molar-refractivity contribution in [1.29, 1.82) is 0 Å². The number of carbonyl (C=O) groups is 2. The molecule has 3 aromatic rings. The number of hydrogen-bond acceptors (Lipinski definition) is 2. The summed E-state index contributed by atoms with van der Waals surface area (Å²) in [6.07, 6.45) is 6.41. The van der Waals surface area contributed by atoms with E-state index in [4.69, 9.17) is 0 Å². The predicted molar refractivity (Wildman–Crippen MR) is 117 cm³/mol. The van der Waals surface area contributed by atoms with Crippen molar-refractivity contribution in [1.82, 2.24) is 9.88 Å². The van der Waals surface area contributed by atoms with E-state index >= 15 is 0 Å². The molecule has 2 heterocycles. The zero-order valence-corrected chi connectivity index (χ0v) is 17.0. The van der Waals surface area contributed by atoms with Gasteiger partial charge in [-0.25, -0.2) is 4.79 Å². The van der Waals surface area contributed by atoms with Gasteiger partial charge in [0.1, 0.15) is 6.54 Å². The van der Waals surface area contributed by atoms with E-state index in [1.165, 1.54) is 12.0 Å². The summed E-state index contributed by atoms with van der Waals surface area (Å²) in [4.78, 5) is 24.7. The molecule has 1 aliphatic heterocycles. The van der Waals surface area contributed by atoms with Crippen LogP contribution in [0.15, 0.2) is 42.5 Å². The lowest BCUT2D eigenvalue weighted by Crippen LogP contribution is -2.28. The number of carboxylic acids is 1. The summed E-state index contributed by atoms with van der Waals surface area (Å²) in [5, 5.41) is 14.0. The van der Waals surface area contributed by atoms with Gasteiger partial charge in [-0.15, -0.1) is 0 Å². The maximum atomic E-state index is 12.5. The first-order valence-electron chi connectivity index (χ1n) is 10.9. The van der Waals surface area contributed by atoms with Gasteiger partial charge < -0.3 is 15.0 Å². The average molecular weight is 402 g/mol. The van der Waals surface area contributed by atoms with Gasteiger partial charge in [-0.1, -0.05) is 43.5 Å². The Balaban J connectivity index is 1.75. The maximum absolute atomic E-state index is 12.5. The second kappa shape index (κ2) is 7.63. The number of nitrogens with one attached hydrogen (secondary N) is 1. The SMILES string of the molecule is O=C1Cn2c(cc3cc(C4CCCCC4)c(C(=O)O)cc32)-c2ccccc2CCN1. The molecule has 5 rings (SSSR count). The van der Waals surface area contributed by atoms with Gasteiger partial charge in [-0.05, 0) is 54.5 Å². The number of carbonyl (C=O) groups excluding carboxylic acids is 1. The van der Waals surface area contributed by atoms with Crippen LogP contribution in [0.4, 0.5) is 0 Å². The fourth-order valence-corrected chi connectivity index (χ4v) is 5.18. The van der Waals surface area contributed by atoms with E-state index in [0.29, 0.717) is 18.0 Å². The first-order chi connectivity index (χ1) is 14.6. The molecule has 30 heavy (non-hydrogen) atoms. The second-order valence-corrected chi connectivity index (χ2v) is 8.51. The highest BCUT2D eigenvalue weighted by Crippen LogP contribution is 2.39. The van der Waals surface area contributed by atoms with E-state index < -0.39 is 5.97 Å². The molecule has 5 heteroatoms. The zero-order chi connectivity index (χ0) is 20.7. The molecule has 0 unspecified atom stereocenters. The summed E-state index contributed by atoms with van der Waals surface area (Å²) in [5.41, 5.74) is 5.42. The van der Waals surface area contributed by atoms with Gasteiger partial charge in [0, 0.05) is 28.7 Å². The molecule has 1 aliphatic carbocycles. The lowest BCUT2D eigenvalue weighted by Gasteiger charge is -2.23. The van der Waals surface area contributed by atoms with Crippen LogP contribution in [0.1, 0.15) is 59.5 Å². The van der Waals surface area contributed by atoms with Crippen LogP contribution in [0.5, 0.6) is 0 Å². The predicted octanol–water partition coefficient (Wildman–Crippen LogP) is 4.73. The van der Waals surface area contributed by atoms with Crippen LogP contribution >= 0.6 is 0 Å². The standard InChI is InChI=1S/C25H26N2O3/c28-24-15-27-22-14-21(25(29)30)20(16-6-2-1-3-7-16)12-18(22)13-23(27)19-9-5-4-8-17(19)10-11-26-24/h4-5,8-9,12-14,16H,1-3,6-7,10-11,15H2,(H,26,28)(H,29,30). The Hall–Kier alpha value is -3.08. The summed E-state index contributed by atoms with van der Waals surface area (Å²) in [5.74, 6) is -0.633. The van der Waals surface area contributed by atoms with E-state index in [1.807, 2.05) is 16.7 Å². The van der Waals surface area contributed by atoms with Crippen molar-refractivity contribution >= 4 is 22.8 Å². The normalized spacial score (nSPS) is 17.4. The largest absolute Gasteiger partial charge is 0.478 e. The lowest BCUT2D eigenvalue weighted by atomic mass is 9.81. The first-order valence-corrected chi connectivity index (χ1v) is 10.9. The number of benzene rings is 2. The molecule has 0 bridgehead atoms. The molecule has 0 radical (unpaired) electrons. The highest BCUT2D eigenvalue weighted by Gasteiger charge is 2.25. The van der Waals surface area contributed by atoms with Crippen molar-refractivity contribution in [3.8, 4) is 11.3 Å². The third-order valence-electron chi connectivity index (χ3n) is 6.66. The summed E-state index contributed by atoms with van der Waals surface area (Å²) < 4.78 is 1.98. The second-order valence-electron chi connectivity index (χ2n) is 8.51. The fourth-order valence-electron chi connectivity index (χ4n) is 5.18. The van der Waals surface area contributed by atoms with E-state index in [1.54, 1.807) is 6.07 Å². The van der Waals surface area contributed by atoms with Crippen molar-refractivity contribution in [2.45, 2.75) is 51.0 Å². The quantitative estimate of drug-likeness (QED) is 0.651. The molecule has 0 spiro atoms. The lowest BCUT2D eigenvalue weighted by molar-refractivity contribution is -0.121. The topological polar surface area (TPSA) is 71.3 Å². The molecule has 1 amide bonds. The number of nitrogens with zero attached hydrogens (tertiary/aromatic N) is 1. The van der Waals surface area contributed by atoms with Crippen LogP contribution in [0, 0.1) is 0 Å². The molecule has 1 aromatic heterocycles. The van der Waals surface area contributed by atoms with Crippen LogP contribution in [0.25, 0.3) is 22.2 Å². The van der Waals surface area contributed by atoms with Crippen LogP contribution < -0.4 is 5.32 Å². The van der Waals surface area contributed by atoms with Crippen LogP contribution in [-0.4, -0.2) is 28.1 Å². The Kier molecular flexibility index (Phi) is 4.81. The monoisotopic (exact) mass is 402 g/mol. The number of fused-ring (bicyclic) bond motifs is 5. The van der Waals surface area contributed by atoms with Gasteiger partial charge in [0.15, 0.2) is 0 Å².